The van der Waals surface area contributed by atoms with Crippen LogP contribution in [0.25, 0.3) is 247 Å². The van der Waals surface area contributed by atoms with Crippen molar-refractivity contribution in [3.05, 3.63) is 492 Å². The molecule has 28 aromatic rings. The number of para-hydroxylation sites is 3. The largest absolute Gasteiger partial charge is 0.309 e. The van der Waals surface area contributed by atoms with Gasteiger partial charge in [-0.15, -0.1) is 11.3 Å². The smallest absolute Gasteiger partial charge is 0.234 e. The summed E-state index contributed by atoms with van der Waals surface area (Å²) in [5.41, 5.74) is 31.6. The molecule has 0 N–H and O–H groups in total. The molecule has 19 aromatic carbocycles. The molecule has 0 unspecified atom stereocenters. The van der Waals surface area contributed by atoms with Crippen molar-refractivity contribution in [2.45, 2.75) is 0 Å². The van der Waals surface area contributed by atoms with Crippen LogP contribution in [0.3, 0.4) is 0 Å². The van der Waals surface area contributed by atoms with Gasteiger partial charge in [0.2, 0.25) is 17.8 Å². The van der Waals surface area contributed by atoms with Crippen LogP contribution in [-0.4, -0.2) is 52.7 Å². The van der Waals surface area contributed by atoms with Crippen molar-refractivity contribution < 1.29 is 0 Å². The Labute approximate surface area is 798 Å². The van der Waals surface area contributed by atoms with Crippen molar-refractivity contribution in [1.29, 1.82) is 0 Å². The molecule has 11 nitrogen and oxygen atoms in total. The average Bonchev–Trinajstić information content (AvgIpc) is 1.57. The second-order valence-corrected chi connectivity index (χ2v) is 36.0. The Bertz CT molecular complexity index is 9480. The first-order valence-corrected chi connectivity index (χ1v) is 47.3. The van der Waals surface area contributed by atoms with Crippen LogP contribution in [0.5, 0.6) is 0 Å². The molecular weight excluding hydrogens is 1700 g/mol. The summed E-state index contributed by atoms with van der Waals surface area (Å²) in [7, 11) is 0. The van der Waals surface area contributed by atoms with Gasteiger partial charge in [-0.1, -0.05) is 370 Å². The molecule has 0 saturated heterocycles. The Hall–Kier alpha value is -18.4. The van der Waals surface area contributed by atoms with E-state index in [0.717, 1.165) is 94.2 Å². The number of rotatable bonds is 13. The molecule has 9 aromatic heterocycles. The number of hydrogen-bond acceptors (Lipinski definition) is 7. The number of hydrogen-bond donors (Lipinski definition) is 0. The van der Waals surface area contributed by atoms with Crippen molar-refractivity contribution in [1.82, 2.24) is 52.7 Å². The third kappa shape index (κ3) is 14.0. The molecule has 0 aliphatic rings. The summed E-state index contributed by atoms with van der Waals surface area (Å²) in [6, 6.07) is 161. The molecule has 0 bridgehead atoms. The summed E-state index contributed by atoms with van der Waals surface area (Å²) in [6.45, 7) is 0. The van der Waals surface area contributed by atoms with E-state index in [1.165, 1.54) is 135 Å². The molecule has 0 amide bonds. The molecule has 138 heavy (non-hydrogen) atoms. The predicted molar refractivity (Wildman–Crippen MR) is 574 cm³/mol. The van der Waals surface area contributed by atoms with Gasteiger partial charge in [-0.3, -0.25) is 13.7 Å². The van der Waals surface area contributed by atoms with Gasteiger partial charge in [0.15, 0.2) is 0 Å². The standard InChI is InChI=1S/2C46H30N4.C34H21N3S/c1-4-12-31(13-5-1)34-20-23-37(24-21-34)49-43-28-35(32-14-6-2-7-15-32)22-25-38(43)39-26-27-42-44(45(39)49)40-18-10-11-19-41(40)50(42)46-47-29-36(30-48-46)33-16-8-3-9-17-33;1-4-12-31(13-5-1)34-20-23-37(24-21-34)49-41-19-11-10-18-38(41)39-26-27-42-44(45(39)49)40-25-22-35(32-14-6-2-7-15-32)28-43(40)50(42)46-47-29-36(30-48-46)33-16-8-3-9-17-33;1-2-8-22(9-3-1)23-14-16-24(17-15-23)25-20-35-34(36-21-25)37-28-12-6-4-10-26(28)32-29(37)18-19-31-33(32)27-11-5-7-13-30(27)38-31/h2*1-30H;1-21H. The van der Waals surface area contributed by atoms with Crippen LogP contribution in [0, 0.1) is 0 Å². The Balaban J connectivity index is 0.000000108. The maximum atomic E-state index is 4.99. The molecule has 0 spiro atoms. The second-order valence-electron chi connectivity index (χ2n) is 34.9. The average molecular weight is 1780 g/mol. The zero-order valence-corrected chi connectivity index (χ0v) is 75.4. The van der Waals surface area contributed by atoms with E-state index >= 15 is 0 Å². The van der Waals surface area contributed by atoms with Gasteiger partial charge in [-0.2, -0.15) is 0 Å². The number of aromatic nitrogens is 11. The van der Waals surface area contributed by atoms with E-state index in [1.807, 2.05) is 91.0 Å². The first-order valence-electron chi connectivity index (χ1n) is 46.5. The van der Waals surface area contributed by atoms with Gasteiger partial charge >= 0.3 is 0 Å². The monoisotopic (exact) mass is 1780 g/mol. The summed E-state index contributed by atoms with van der Waals surface area (Å²) in [4.78, 5) is 29.6. The van der Waals surface area contributed by atoms with Crippen LogP contribution < -0.4 is 0 Å². The molecule has 0 aliphatic heterocycles. The summed E-state index contributed by atoms with van der Waals surface area (Å²) in [6.07, 6.45) is 11.6. The zero-order chi connectivity index (χ0) is 91.1. The van der Waals surface area contributed by atoms with E-state index in [4.69, 9.17) is 29.9 Å². The molecule has 0 saturated carbocycles. The van der Waals surface area contributed by atoms with Gasteiger partial charge in [0.1, 0.15) is 0 Å². The summed E-state index contributed by atoms with van der Waals surface area (Å²) >= 11 is 1.85. The van der Waals surface area contributed by atoms with E-state index in [1.54, 1.807) is 0 Å². The lowest BCUT2D eigenvalue weighted by Gasteiger charge is -2.11. The van der Waals surface area contributed by atoms with Crippen LogP contribution in [-0.2, 0) is 0 Å². The molecule has 28 rings (SSSR count). The number of thiophene rings is 1. The first kappa shape index (κ1) is 80.5. The minimum atomic E-state index is 0.643. The fourth-order valence-corrected chi connectivity index (χ4v) is 21.7. The number of benzene rings is 19. The van der Waals surface area contributed by atoms with Crippen LogP contribution in [0.4, 0.5) is 0 Å². The van der Waals surface area contributed by atoms with Crippen LogP contribution in [0.15, 0.2) is 492 Å². The molecule has 12 heteroatoms. The van der Waals surface area contributed by atoms with Gasteiger partial charge in [0.25, 0.3) is 0 Å². The van der Waals surface area contributed by atoms with Crippen molar-refractivity contribution >= 4 is 141 Å². The lowest BCUT2D eigenvalue weighted by atomic mass is 10.0. The first-order chi connectivity index (χ1) is 68.5. The maximum absolute atomic E-state index is 4.99. The van der Waals surface area contributed by atoms with E-state index in [2.05, 4.69) is 435 Å². The summed E-state index contributed by atoms with van der Waals surface area (Å²) < 4.78 is 14.1. The highest BCUT2D eigenvalue weighted by Crippen LogP contribution is 2.48. The van der Waals surface area contributed by atoms with Crippen molar-refractivity contribution in [2.75, 3.05) is 0 Å². The summed E-state index contributed by atoms with van der Waals surface area (Å²) in [5, 5.41) is 14.6. The normalized spacial score (nSPS) is 11.6. The zero-order valence-electron chi connectivity index (χ0n) is 74.6. The molecular formula is C126H81N11S. The topological polar surface area (TPSA) is 102 Å². The van der Waals surface area contributed by atoms with Crippen LogP contribution >= 0.6 is 11.3 Å². The van der Waals surface area contributed by atoms with Gasteiger partial charge in [-0.05, 0) is 157 Å². The van der Waals surface area contributed by atoms with E-state index in [-0.39, 0.29) is 0 Å². The van der Waals surface area contributed by atoms with Gasteiger partial charge in [-0.25, -0.2) is 29.9 Å². The van der Waals surface area contributed by atoms with Gasteiger partial charge in [0, 0.05) is 139 Å². The highest BCUT2D eigenvalue weighted by molar-refractivity contribution is 7.26. The minimum Gasteiger partial charge on any atom is -0.309 e. The molecule has 0 aliphatic carbocycles. The summed E-state index contributed by atoms with van der Waals surface area (Å²) in [5.74, 6) is 1.97. The SMILES string of the molecule is c1ccc(-c2ccc(-c3cnc(-n4c5ccccc5c5c6c(ccc54)sc4ccccc46)nc3)cc2)cc1.c1ccc(-c2ccc(-n3c4cc(-c5ccccc5)ccc4c4ccc5c(c6ccccc6n5-c5ncc(-c6ccccc6)cn5)c43)cc2)cc1.c1ccc(-c2ccc(-n3c4ccccc4c4ccc5c(c6ccc(-c7ccccc7)cc6n5-c5ncc(-c6ccccc6)cn5)c43)cc2)cc1. The van der Waals surface area contributed by atoms with Gasteiger partial charge in [0.05, 0.1) is 55.2 Å². The Morgan fingerprint density at radius 1 is 0.145 bits per heavy atom. The van der Waals surface area contributed by atoms with Crippen LogP contribution in [0.1, 0.15) is 0 Å². The number of fused-ring (bicyclic) bond motifs is 21. The second kappa shape index (κ2) is 34.0. The Kier molecular flexibility index (Phi) is 19.9. The molecule has 9 heterocycles. The van der Waals surface area contributed by atoms with E-state index in [0.29, 0.717) is 17.8 Å². The van der Waals surface area contributed by atoms with Crippen molar-refractivity contribution in [3.63, 3.8) is 0 Å². The lowest BCUT2D eigenvalue weighted by molar-refractivity contribution is 0.990. The van der Waals surface area contributed by atoms with E-state index < -0.39 is 0 Å². The molecule has 646 valence electrons. The minimum absolute atomic E-state index is 0.643. The maximum Gasteiger partial charge on any atom is 0.234 e. The van der Waals surface area contributed by atoms with Crippen molar-refractivity contribution in [2.24, 2.45) is 0 Å². The fraction of sp³-hybridized carbons (Fsp3) is 0. The predicted octanol–water partition coefficient (Wildman–Crippen LogP) is 32.6. The van der Waals surface area contributed by atoms with E-state index in [9.17, 15) is 0 Å². The van der Waals surface area contributed by atoms with Crippen LogP contribution in [0.2, 0.25) is 0 Å². The van der Waals surface area contributed by atoms with Crippen molar-refractivity contribution in [3.8, 4) is 118 Å². The lowest BCUT2D eigenvalue weighted by Crippen LogP contribution is -2.01. The highest BCUT2D eigenvalue weighted by atomic mass is 32.1. The third-order valence-corrected chi connectivity index (χ3v) is 28.2. The molecule has 0 atom stereocenters. The van der Waals surface area contributed by atoms with Gasteiger partial charge < -0.3 is 9.13 Å². The Morgan fingerprint density at radius 2 is 0.399 bits per heavy atom. The third-order valence-electron chi connectivity index (χ3n) is 27.0. The molecule has 0 fully saturated rings. The highest BCUT2D eigenvalue weighted by Gasteiger charge is 2.27. The molecule has 0 radical (unpaired) electrons. The quantitative estimate of drug-likeness (QED) is 0.114. The Morgan fingerprint density at radius 3 is 0.812 bits per heavy atom. The fourth-order valence-electron chi connectivity index (χ4n) is 20.6. The number of nitrogens with zero attached hydrogens (tertiary/aromatic N) is 11.